The van der Waals surface area contributed by atoms with Crippen molar-refractivity contribution >= 4 is 5.78 Å². The molecule has 0 aliphatic rings. The summed E-state index contributed by atoms with van der Waals surface area (Å²) in [5.41, 5.74) is 2.28. The van der Waals surface area contributed by atoms with Crippen LogP contribution in [0, 0.1) is 11.8 Å². The van der Waals surface area contributed by atoms with Gasteiger partial charge in [-0.3, -0.25) is 4.79 Å². The van der Waals surface area contributed by atoms with Crippen molar-refractivity contribution in [1.29, 1.82) is 0 Å². The number of ketones is 1. The molecule has 0 heterocycles. The number of carbonyl (C=O) groups is 1. The van der Waals surface area contributed by atoms with Gasteiger partial charge in [0, 0.05) is 0 Å². The largest absolute Gasteiger partial charge is 0.290 e. The highest BCUT2D eigenvalue weighted by atomic mass is 16.1. The zero-order valence-electron chi connectivity index (χ0n) is 10.2. The van der Waals surface area contributed by atoms with Crippen LogP contribution in [0.4, 0.5) is 0 Å². The van der Waals surface area contributed by atoms with E-state index in [1.165, 1.54) is 0 Å². The lowest BCUT2D eigenvalue weighted by atomic mass is 10.0. The van der Waals surface area contributed by atoms with Crippen molar-refractivity contribution in [3.8, 4) is 0 Å². The molecule has 0 radical (unpaired) electrons. The highest BCUT2D eigenvalue weighted by Crippen LogP contribution is 2.10. The lowest BCUT2D eigenvalue weighted by Gasteiger charge is -2.05. The van der Waals surface area contributed by atoms with E-state index in [1.54, 1.807) is 12.2 Å². The standard InChI is InChI=1S/C13H22O/c1-9(2)11(5)7-13(14)8-12(6)10(3)4/h7-10H,1-6H3. The van der Waals surface area contributed by atoms with E-state index in [4.69, 9.17) is 0 Å². The third kappa shape index (κ3) is 5.00. The van der Waals surface area contributed by atoms with Gasteiger partial charge in [-0.15, -0.1) is 0 Å². The molecule has 0 fully saturated rings. The summed E-state index contributed by atoms with van der Waals surface area (Å²) >= 11 is 0. The molecule has 0 aromatic carbocycles. The Bertz CT molecular complexity index is 228. The average molecular weight is 194 g/mol. The fraction of sp³-hybridized carbons (Fsp3) is 0.615. The summed E-state index contributed by atoms with van der Waals surface area (Å²) in [4.78, 5) is 11.5. The predicted octanol–water partition coefficient (Wildman–Crippen LogP) is 3.76. The average Bonchev–Trinajstić information content (AvgIpc) is 2.03. The van der Waals surface area contributed by atoms with E-state index in [0.717, 1.165) is 11.1 Å². The van der Waals surface area contributed by atoms with Gasteiger partial charge in [0.1, 0.15) is 0 Å². The van der Waals surface area contributed by atoms with Crippen LogP contribution in [0.5, 0.6) is 0 Å². The molecule has 0 aliphatic heterocycles. The van der Waals surface area contributed by atoms with Gasteiger partial charge >= 0.3 is 0 Å². The van der Waals surface area contributed by atoms with Crippen molar-refractivity contribution < 1.29 is 4.79 Å². The molecule has 0 aromatic heterocycles. The number of hydrogen-bond acceptors (Lipinski definition) is 1. The summed E-state index contributed by atoms with van der Waals surface area (Å²) in [5, 5.41) is 0. The SMILES string of the molecule is CC(=CC(=O)C=C(C)C(C)C)C(C)C. The van der Waals surface area contributed by atoms with Crippen LogP contribution in [-0.2, 0) is 4.79 Å². The topological polar surface area (TPSA) is 17.1 Å². The molecule has 14 heavy (non-hydrogen) atoms. The molecular weight excluding hydrogens is 172 g/mol. The minimum atomic E-state index is 0.113. The van der Waals surface area contributed by atoms with Crippen molar-refractivity contribution in [3.63, 3.8) is 0 Å². The molecule has 0 saturated carbocycles. The smallest absolute Gasteiger partial charge is 0.178 e. The lowest BCUT2D eigenvalue weighted by molar-refractivity contribution is -0.110. The van der Waals surface area contributed by atoms with Crippen molar-refractivity contribution in [2.75, 3.05) is 0 Å². The van der Waals surface area contributed by atoms with Gasteiger partial charge in [-0.2, -0.15) is 0 Å². The first-order valence-electron chi connectivity index (χ1n) is 5.25. The molecule has 0 bridgehead atoms. The predicted molar refractivity (Wildman–Crippen MR) is 62.2 cm³/mol. The molecular formula is C13H22O. The first-order valence-corrected chi connectivity index (χ1v) is 5.25. The van der Waals surface area contributed by atoms with Crippen molar-refractivity contribution in [3.05, 3.63) is 23.3 Å². The maximum atomic E-state index is 11.5. The van der Waals surface area contributed by atoms with Crippen molar-refractivity contribution in [2.45, 2.75) is 41.5 Å². The maximum Gasteiger partial charge on any atom is 0.178 e. The third-order valence-corrected chi connectivity index (χ3v) is 2.56. The number of hydrogen-bond donors (Lipinski definition) is 0. The minimum Gasteiger partial charge on any atom is -0.290 e. The van der Waals surface area contributed by atoms with Gasteiger partial charge in [0.2, 0.25) is 0 Å². The Labute approximate surface area is 87.9 Å². The van der Waals surface area contributed by atoms with Gasteiger partial charge in [-0.1, -0.05) is 38.8 Å². The van der Waals surface area contributed by atoms with E-state index in [-0.39, 0.29) is 5.78 Å². The summed E-state index contributed by atoms with van der Waals surface area (Å²) in [6, 6.07) is 0. The third-order valence-electron chi connectivity index (χ3n) is 2.56. The Morgan fingerprint density at radius 1 is 0.857 bits per heavy atom. The number of rotatable bonds is 4. The second kappa shape index (κ2) is 5.79. The molecule has 0 aromatic rings. The summed E-state index contributed by atoms with van der Waals surface area (Å²) in [5.74, 6) is 1.01. The molecule has 0 saturated heterocycles. The molecule has 80 valence electrons. The highest BCUT2D eigenvalue weighted by molar-refractivity contribution is 6.00. The summed E-state index contributed by atoms with van der Waals surface area (Å²) < 4.78 is 0. The number of carbonyl (C=O) groups excluding carboxylic acids is 1. The summed E-state index contributed by atoms with van der Waals surface area (Å²) in [6.45, 7) is 12.4. The van der Waals surface area contributed by atoms with Gasteiger partial charge in [-0.05, 0) is 37.8 Å². The molecule has 0 unspecified atom stereocenters. The van der Waals surface area contributed by atoms with Crippen molar-refractivity contribution in [1.82, 2.24) is 0 Å². The van der Waals surface area contributed by atoms with Gasteiger partial charge < -0.3 is 0 Å². The van der Waals surface area contributed by atoms with Crippen molar-refractivity contribution in [2.24, 2.45) is 11.8 Å². The summed E-state index contributed by atoms with van der Waals surface area (Å²) in [6.07, 6.45) is 3.47. The Hall–Kier alpha value is -0.850. The molecule has 0 aliphatic carbocycles. The molecule has 0 N–H and O–H groups in total. The molecule has 0 amide bonds. The van der Waals surface area contributed by atoms with Crippen LogP contribution in [0.1, 0.15) is 41.5 Å². The fourth-order valence-electron chi connectivity index (χ4n) is 0.824. The van der Waals surface area contributed by atoms with Gasteiger partial charge in [0.05, 0.1) is 0 Å². The minimum absolute atomic E-state index is 0.113. The Kier molecular flexibility index (Phi) is 5.44. The lowest BCUT2D eigenvalue weighted by Crippen LogP contribution is -1.97. The van der Waals surface area contributed by atoms with E-state index < -0.39 is 0 Å². The van der Waals surface area contributed by atoms with Crippen LogP contribution < -0.4 is 0 Å². The molecule has 0 rings (SSSR count). The first-order chi connectivity index (χ1) is 6.34. The maximum absolute atomic E-state index is 11.5. The van der Waals surface area contributed by atoms with Crippen LogP contribution >= 0.6 is 0 Å². The molecule has 0 spiro atoms. The van der Waals surface area contributed by atoms with E-state index in [9.17, 15) is 4.79 Å². The van der Waals surface area contributed by atoms with Crippen LogP contribution in [0.3, 0.4) is 0 Å². The first kappa shape index (κ1) is 13.2. The monoisotopic (exact) mass is 194 g/mol. The second-order valence-electron chi connectivity index (χ2n) is 4.49. The normalized spacial score (nSPS) is 14.0. The Balaban J connectivity index is 4.52. The van der Waals surface area contributed by atoms with Crippen LogP contribution in [0.15, 0.2) is 23.3 Å². The van der Waals surface area contributed by atoms with Crippen LogP contribution in [0.25, 0.3) is 0 Å². The number of allylic oxidation sites excluding steroid dienone is 4. The molecule has 1 nitrogen and oxygen atoms in total. The quantitative estimate of drug-likeness (QED) is 0.623. The van der Waals surface area contributed by atoms with Gasteiger partial charge in [-0.25, -0.2) is 0 Å². The molecule has 1 heteroatoms. The highest BCUT2D eigenvalue weighted by Gasteiger charge is 2.01. The fourth-order valence-corrected chi connectivity index (χ4v) is 0.824. The van der Waals surface area contributed by atoms with Crippen LogP contribution in [-0.4, -0.2) is 5.78 Å². The van der Waals surface area contributed by atoms with E-state index in [0.29, 0.717) is 11.8 Å². The zero-order chi connectivity index (χ0) is 11.3. The summed E-state index contributed by atoms with van der Waals surface area (Å²) in [7, 11) is 0. The van der Waals surface area contributed by atoms with E-state index >= 15 is 0 Å². The Morgan fingerprint density at radius 2 is 1.14 bits per heavy atom. The van der Waals surface area contributed by atoms with E-state index in [2.05, 4.69) is 27.7 Å². The zero-order valence-corrected chi connectivity index (χ0v) is 10.2. The molecule has 0 atom stereocenters. The second-order valence-corrected chi connectivity index (χ2v) is 4.49. The van der Waals surface area contributed by atoms with E-state index in [1.807, 2.05) is 13.8 Å². The van der Waals surface area contributed by atoms with Gasteiger partial charge in [0.25, 0.3) is 0 Å². The van der Waals surface area contributed by atoms with Crippen LogP contribution in [0.2, 0.25) is 0 Å². The Morgan fingerprint density at radius 3 is 1.36 bits per heavy atom. The van der Waals surface area contributed by atoms with Gasteiger partial charge in [0.15, 0.2) is 5.78 Å².